The van der Waals surface area contributed by atoms with Crippen LogP contribution >= 0.6 is 11.6 Å². The zero-order chi connectivity index (χ0) is 14.0. The summed E-state index contributed by atoms with van der Waals surface area (Å²) >= 11 is 5.70. The van der Waals surface area contributed by atoms with Gasteiger partial charge in [-0.2, -0.15) is 5.10 Å². The Labute approximate surface area is 116 Å². The van der Waals surface area contributed by atoms with Crippen LogP contribution in [0.5, 0.6) is 0 Å². The number of aliphatic hydroxyl groups is 1. The third-order valence-electron chi connectivity index (χ3n) is 2.92. The van der Waals surface area contributed by atoms with Gasteiger partial charge in [0, 0.05) is 18.7 Å². The third kappa shape index (κ3) is 3.33. The van der Waals surface area contributed by atoms with Crippen LogP contribution in [0.2, 0.25) is 5.02 Å². The molecule has 0 saturated heterocycles. The van der Waals surface area contributed by atoms with Crippen LogP contribution in [-0.2, 0) is 6.42 Å². The van der Waals surface area contributed by atoms with Crippen molar-refractivity contribution >= 4 is 11.6 Å². The molecule has 2 aromatic rings. The van der Waals surface area contributed by atoms with E-state index in [0.29, 0.717) is 12.0 Å². The number of hydrogen-bond donors (Lipinski definition) is 1. The lowest BCUT2D eigenvalue weighted by molar-refractivity contribution is 0.176. The number of aromatic nitrogens is 2. The fourth-order valence-electron chi connectivity index (χ4n) is 1.81. The number of benzene rings is 1. The minimum atomic E-state index is -0.742. The molecule has 0 aliphatic carbocycles. The molecule has 1 N–H and O–H groups in total. The molecule has 0 bridgehead atoms. The topological polar surface area (TPSA) is 38.0 Å². The Hall–Kier alpha value is -1.39. The monoisotopic (exact) mass is 282 g/mol. The normalized spacial score (nSPS) is 12.9. The Bertz CT molecular complexity index is 568. The van der Waals surface area contributed by atoms with Crippen LogP contribution in [0.15, 0.2) is 30.5 Å². The van der Waals surface area contributed by atoms with E-state index in [1.165, 1.54) is 18.2 Å². The molecule has 0 fully saturated rings. The van der Waals surface area contributed by atoms with Crippen LogP contribution < -0.4 is 0 Å². The van der Waals surface area contributed by atoms with Crippen molar-refractivity contribution in [3.63, 3.8) is 0 Å². The van der Waals surface area contributed by atoms with E-state index in [9.17, 15) is 9.50 Å². The minimum Gasteiger partial charge on any atom is -0.388 e. The first-order valence-electron chi connectivity index (χ1n) is 6.14. The lowest BCUT2D eigenvalue weighted by atomic mass is 10.1. The van der Waals surface area contributed by atoms with Crippen molar-refractivity contribution in [1.82, 2.24) is 9.78 Å². The maximum atomic E-state index is 13.1. The first-order chi connectivity index (χ1) is 8.97. The summed E-state index contributed by atoms with van der Waals surface area (Å²) in [5.41, 5.74) is 1.38. The molecule has 5 heteroatoms. The second-order valence-electron chi connectivity index (χ2n) is 4.77. The molecule has 0 aliphatic heterocycles. The summed E-state index contributed by atoms with van der Waals surface area (Å²) < 4.78 is 14.9. The van der Waals surface area contributed by atoms with E-state index in [4.69, 9.17) is 11.6 Å². The lowest BCUT2D eigenvalue weighted by Gasteiger charge is -2.10. The summed E-state index contributed by atoms with van der Waals surface area (Å²) in [7, 11) is 0. The van der Waals surface area contributed by atoms with Crippen LogP contribution in [0.3, 0.4) is 0 Å². The summed E-state index contributed by atoms with van der Waals surface area (Å²) in [6, 6.07) is 6.39. The molecule has 1 heterocycles. The van der Waals surface area contributed by atoms with E-state index < -0.39 is 11.9 Å². The van der Waals surface area contributed by atoms with Crippen LogP contribution in [0.25, 0.3) is 0 Å². The summed E-state index contributed by atoms with van der Waals surface area (Å²) in [5.74, 6) is -0.485. The van der Waals surface area contributed by atoms with Gasteiger partial charge in [0.1, 0.15) is 5.82 Å². The molecule has 0 radical (unpaired) electrons. The molecule has 0 saturated carbocycles. The van der Waals surface area contributed by atoms with Gasteiger partial charge in [-0.1, -0.05) is 17.7 Å². The summed E-state index contributed by atoms with van der Waals surface area (Å²) in [4.78, 5) is 0. The highest BCUT2D eigenvalue weighted by atomic mass is 35.5. The van der Waals surface area contributed by atoms with E-state index in [1.807, 2.05) is 30.8 Å². The Morgan fingerprint density at radius 2 is 2.11 bits per heavy atom. The average Bonchev–Trinajstić information content (AvgIpc) is 2.81. The van der Waals surface area contributed by atoms with Gasteiger partial charge in [-0.05, 0) is 37.6 Å². The van der Waals surface area contributed by atoms with Gasteiger partial charge in [-0.15, -0.1) is 0 Å². The summed E-state index contributed by atoms with van der Waals surface area (Å²) in [6.45, 7) is 4.07. The Morgan fingerprint density at radius 1 is 1.37 bits per heavy atom. The molecule has 0 aliphatic rings. The van der Waals surface area contributed by atoms with E-state index >= 15 is 0 Å². The molecule has 1 aromatic carbocycles. The molecule has 1 atom stereocenters. The van der Waals surface area contributed by atoms with Crippen molar-refractivity contribution in [1.29, 1.82) is 0 Å². The van der Waals surface area contributed by atoms with E-state index in [1.54, 1.807) is 0 Å². The first-order valence-corrected chi connectivity index (χ1v) is 6.52. The number of hydrogen-bond acceptors (Lipinski definition) is 2. The van der Waals surface area contributed by atoms with Gasteiger partial charge in [-0.25, -0.2) is 4.39 Å². The van der Waals surface area contributed by atoms with Crippen LogP contribution in [-0.4, -0.2) is 14.9 Å². The summed E-state index contributed by atoms with van der Waals surface area (Å²) in [5, 5.41) is 14.5. The van der Waals surface area contributed by atoms with E-state index in [0.717, 1.165) is 5.69 Å². The largest absolute Gasteiger partial charge is 0.388 e. The molecule has 19 heavy (non-hydrogen) atoms. The van der Waals surface area contributed by atoms with Gasteiger partial charge < -0.3 is 5.11 Å². The van der Waals surface area contributed by atoms with Gasteiger partial charge in [-0.3, -0.25) is 4.68 Å². The molecule has 2 rings (SSSR count). The van der Waals surface area contributed by atoms with Gasteiger partial charge in [0.2, 0.25) is 0 Å². The van der Waals surface area contributed by atoms with Gasteiger partial charge in [0.25, 0.3) is 0 Å². The highest BCUT2D eigenvalue weighted by Gasteiger charge is 2.13. The fourth-order valence-corrected chi connectivity index (χ4v) is 2.00. The van der Waals surface area contributed by atoms with Crippen molar-refractivity contribution < 1.29 is 9.50 Å². The number of aliphatic hydroxyl groups excluding tert-OH is 1. The molecular weight excluding hydrogens is 267 g/mol. The second kappa shape index (κ2) is 5.72. The molecule has 0 amide bonds. The lowest BCUT2D eigenvalue weighted by Crippen LogP contribution is -2.05. The van der Waals surface area contributed by atoms with Crippen molar-refractivity contribution in [3.05, 3.63) is 52.6 Å². The van der Waals surface area contributed by atoms with Crippen LogP contribution in [0.1, 0.15) is 37.3 Å². The van der Waals surface area contributed by atoms with Crippen molar-refractivity contribution in [2.75, 3.05) is 0 Å². The number of nitrogens with zero attached hydrogens (tertiary/aromatic N) is 2. The zero-order valence-corrected chi connectivity index (χ0v) is 11.6. The third-order valence-corrected chi connectivity index (χ3v) is 3.21. The van der Waals surface area contributed by atoms with Crippen molar-refractivity contribution in [2.45, 2.75) is 32.4 Å². The predicted octanol–water partition coefficient (Wildman–Crippen LogP) is 3.53. The zero-order valence-electron chi connectivity index (χ0n) is 10.8. The smallest absolute Gasteiger partial charge is 0.141 e. The van der Waals surface area contributed by atoms with Crippen LogP contribution in [0.4, 0.5) is 4.39 Å². The SMILES string of the molecule is CC(C)n1ccc(CC(O)c2ccc(F)c(Cl)c2)n1. The molecule has 102 valence electrons. The summed E-state index contributed by atoms with van der Waals surface area (Å²) in [6.07, 6.45) is 1.51. The Balaban J connectivity index is 2.11. The van der Waals surface area contributed by atoms with Gasteiger partial charge in [0.15, 0.2) is 0 Å². The molecular formula is C14H16ClFN2O. The van der Waals surface area contributed by atoms with E-state index in [2.05, 4.69) is 5.10 Å². The highest BCUT2D eigenvalue weighted by molar-refractivity contribution is 6.30. The number of rotatable bonds is 4. The molecule has 0 spiro atoms. The minimum absolute atomic E-state index is 0.0178. The van der Waals surface area contributed by atoms with E-state index in [-0.39, 0.29) is 11.1 Å². The second-order valence-corrected chi connectivity index (χ2v) is 5.18. The van der Waals surface area contributed by atoms with Crippen molar-refractivity contribution in [2.24, 2.45) is 0 Å². The predicted molar refractivity (Wildman–Crippen MR) is 72.7 cm³/mol. The molecule has 3 nitrogen and oxygen atoms in total. The Kier molecular flexibility index (Phi) is 4.22. The molecule has 1 unspecified atom stereocenters. The number of halogens is 2. The molecule has 1 aromatic heterocycles. The maximum Gasteiger partial charge on any atom is 0.141 e. The van der Waals surface area contributed by atoms with Gasteiger partial charge >= 0.3 is 0 Å². The van der Waals surface area contributed by atoms with Gasteiger partial charge in [0.05, 0.1) is 16.8 Å². The quantitative estimate of drug-likeness (QED) is 0.931. The van der Waals surface area contributed by atoms with Crippen molar-refractivity contribution in [3.8, 4) is 0 Å². The Morgan fingerprint density at radius 3 is 2.68 bits per heavy atom. The average molecular weight is 283 g/mol. The van der Waals surface area contributed by atoms with Crippen LogP contribution in [0, 0.1) is 5.82 Å². The first kappa shape index (κ1) is 14.0. The highest BCUT2D eigenvalue weighted by Crippen LogP contribution is 2.23. The fraction of sp³-hybridized carbons (Fsp3) is 0.357. The maximum absolute atomic E-state index is 13.1. The standard InChI is InChI=1S/C14H16ClFN2O/c1-9(2)18-6-5-11(17-18)8-14(19)10-3-4-13(16)12(15)7-10/h3-7,9,14,19H,8H2,1-2H3.